The average molecular weight is 171 g/mol. The minimum Gasteiger partial charge on any atom is -0.478 e. The van der Waals surface area contributed by atoms with E-state index in [1.165, 1.54) is 0 Å². The minimum atomic E-state index is -1.26. The third-order valence-corrected chi connectivity index (χ3v) is 0.368. The molecule has 0 aliphatic rings. The van der Waals surface area contributed by atoms with E-state index in [1.54, 1.807) is 0 Å². The van der Waals surface area contributed by atoms with Crippen LogP contribution < -0.4 is 0 Å². The topological polar surface area (TPSA) is 106 Å². The van der Waals surface area contributed by atoms with Gasteiger partial charge in [-0.15, -0.1) is 12.4 Å². The first-order chi connectivity index (χ1) is 3.63. The van der Waals surface area contributed by atoms with E-state index in [0.29, 0.717) is 12.2 Å². The molecule has 0 heterocycles. The molecule has 0 fully saturated rings. The van der Waals surface area contributed by atoms with Crippen LogP contribution in [0.1, 0.15) is 0 Å². The zero-order valence-electron chi connectivity index (χ0n) is 4.77. The molecule has 0 aromatic rings. The normalized spacial score (nSPS) is 7.60. The predicted molar refractivity (Wildman–Crippen MR) is 35.3 cm³/mol. The molecule has 0 radical (unpaired) electrons. The Kier molecular flexibility index (Phi) is 12.7. The van der Waals surface area contributed by atoms with E-state index in [0.717, 1.165) is 0 Å². The Hall–Kier alpha value is -1.07. The standard InChI is InChI=1S/C4H4O4.ClH.H2O/c5-3(6)1-2-4(7)8;;/h1-2H,(H,5,6)(H,7,8);1H;1H2. The number of hydrogen-bond donors (Lipinski definition) is 2. The number of aliphatic carboxylic acids is 2. The van der Waals surface area contributed by atoms with Gasteiger partial charge >= 0.3 is 11.9 Å². The quantitative estimate of drug-likeness (QED) is 0.535. The molecule has 0 atom stereocenters. The van der Waals surface area contributed by atoms with Crippen molar-refractivity contribution in [2.45, 2.75) is 0 Å². The second-order valence-corrected chi connectivity index (χ2v) is 1.01. The number of halogens is 1. The maximum Gasteiger partial charge on any atom is 0.328 e. The van der Waals surface area contributed by atoms with Gasteiger partial charge in [-0.3, -0.25) is 0 Å². The molecule has 0 aromatic carbocycles. The van der Waals surface area contributed by atoms with Crippen LogP contribution in [0.3, 0.4) is 0 Å². The van der Waals surface area contributed by atoms with Crippen LogP contribution in [0.4, 0.5) is 0 Å². The Balaban J connectivity index is -0.000000245. The number of hydrogen-bond acceptors (Lipinski definition) is 2. The highest BCUT2D eigenvalue weighted by molar-refractivity contribution is 5.89. The summed E-state index contributed by atoms with van der Waals surface area (Å²) in [5, 5.41) is 15.6. The Morgan fingerprint density at radius 2 is 1.20 bits per heavy atom. The molecule has 0 spiro atoms. The lowest BCUT2D eigenvalue weighted by Gasteiger charge is -1.74. The molecule has 4 N–H and O–H groups in total. The molecule has 5 nitrogen and oxygen atoms in total. The molecule has 0 saturated heterocycles. The van der Waals surface area contributed by atoms with Gasteiger partial charge < -0.3 is 15.7 Å². The minimum absolute atomic E-state index is 0. The van der Waals surface area contributed by atoms with Gasteiger partial charge in [-0.1, -0.05) is 0 Å². The molecule has 6 heteroatoms. The van der Waals surface area contributed by atoms with Gasteiger partial charge in [-0.05, 0) is 0 Å². The summed E-state index contributed by atoms with van der Waals surface area (Å²) < 4.78 is 0. The summed E-state index contributed by atoms with van der Waals surface area (Å²) in [6.45, 7) is 0. The summed E-state index contributed by atoms with van der Waals surface area (Å²) in [4.78, 5) is 19.1. The zero-order chi connectivity index (χ0) is 6.57. The lowest BCUT2D eigenvalue weighted by molar-refractivity contribution is -0.134. The number of carboxylic acid groups (broad SMARTS) is 2. The number of carbonyl (C=O) groups is 2. The summed E-state index contributed by atoms with van der Waals surface area (Å²) in [5.41, 5.74) is 0. The van der Waals surface area contributed by atoms with Crippen LogP contribution in [0.25, 0.3) is 0 Å². The third-order valence-electron chi connectivity index (χ3n) is 0.368. The summed E-state index contributed by atoms with van der Waals surface area (Å²) in [5.74, 6) is -2.51. The molecule has 0 bridgehead atoms. The predicted octanol–water partition coefficient (Wildman–Crippen LogP) is -0.691. The fraction of sp³-hybridized carbons (Fsp3) is 0. The first-order valence-corrected chi connectivity index (χ1v) is 1.77. The van der Waals surface area contributed by atoms with Gasteiger partial charge in [-0.2, -0.15) is 0 Å². The van der Waals surface area contributed by atoms with Gasteiger partial charge in [0.1, 0.15) is 0 Å². The first-order valence-electron chi connectivity index (χ1n) is 1.77. The maximum absolute atomic E-state index is 9.55. The van der Waals surface area contributed by atoms with Crippen molar-refractivity contribution in [3.8, 4) is 0 Å². The molecule has 0 aliphatic heterocycles. The van der Waals surface area contributed by atoms with Crippen molar-refractivity contribution < 1.29 is 25.3 Å². The smallest absolute Gasteiger partial charge is 0.328 e. The first kappa shape index (κ1) is 16.0. The van der Waals surface area contributed by atoms with Crippen molar-refractivity contribution in [3.05, 3.63) is 12.2 Å². The van der Waals surface area contributed by atoms with Crippen molar-refractivity contribution in [2.75, 3.05) is 0 Å². The van der Waals surface area contributed by atoms with Crippen molar-refractivity contribution in [3.63, 3.8) is 0 Å². The Morgan fingerprint density at radius 3 is 1.30 bits per heavy atom. The van der Waals surface area contributed by atoms with Crippen LogP contribution in [-0.4, -0.2) is 27.6 Å². The summed E-state index contributed by atoms with van der Waals surface area (Å²) in [7, 11) is 0. The van der Waals surface area contributed by atoms with E-state index in [-0.39, 0.29) is 17.9 Å². The molecule has 0 amide bonds. The molecule has 0 aromatic heterocycles. The summed E-state index contributed by atoms with van der Waals surface area (Å²) >= 11 is 0. The lowest BCUT2D eigenvalue weighted by Crippen LogP contribution is -1.91. The van der Waals surface area contributed by atoms with Gasteiger partial charge in [-0.25, -0.2) is 9.59 Å². The second-order valence-electron chi connectivity index (χ2n) is 1.01. The summed E-state index contributed by atoms with van der Waals surface area (Å²) in [6, 6.07) is 0. The SMILES string of the molecule is Cl.O.O=C(O)C=CC(=O)O. The second kappa shape index (κ2) is 7.93. The molecular weight excluding hydrogens is 163 g/mol. The third kappa shape index (κ3) is 15.8. The van der Waals surface area contributed by atoms with Crippen molar-refractivity contribution in [1.82, 2.24) is 0 Å². The number of carboxylic acids is 2. The van der Waals surface area contributed by atoms with Crippen molar-refractivity contribution in [1.29, 1.82) is 0 Å². The molecule has 0 rings (SSSR count). The highest BCUT2D eigenvalue weighted by Gasteiger charge is 1.88. The summed E-state index contributed by atoms with van der Waals surface area (Å²) in [6.07, 6.45) is 1.12. The van der Waals surface area contributed by atoms with Crippen molar-refractivity contribution in [2.24, 2.45) is 0 Å². The van der Waals surface area contributed by atoms with E-state index in [9.17, 15) is 9.59 Å². The Morgan fingerprint density at radius 1 is 1.00 bits per heavy atom. The molecular formula is C4H7ClO5. The highest BCUT2D eigenvalue weighted by Crippen LogP contribution is 1.70. The van der Waals surface area contributed by atoms with E-state index in [1.807, 2.05) is 0 Å². The lowest BCUT2D eigenvalue weighted by atomic mass is 10.5. The van der Waals surface area contributed by atoms with Gasteiger partial charge in [0.2, 0.25) is 0 Å². The molecule has 0 aliphatic carbocycles. The van der Waals surface area contributed by atoms with E-state index in [2.05, 4.69) is 0 Å². The highest BCUT2D eigenvalue weighted by atomic mass is 35.5. The fourth-order valence-electron chi connectivity index (χ4n) is 0.143. The zero-order valence-corrected chi connectivity index (χ0v) is 5.59. The average Bonchev–Trinajstić information content (AvgIpc) is 1.61. The van der Waals surface area contributed by atoms with Gasteiger partial charge in [0, 0.05) is 12.2 Å². The number of rotatable bonds is 2. The molecule has 0 saturated carbocycles. The maximum atomic E-state index is 9.55. The van der Waals surface area contributed by atoms with Gasteiger partial charge in [0.15, 0.2) is 0 Å². The van der Waals surface area contributed by atoms with Crippen LogP contribution >= 0.6 is 12.4 Å². The molecule has 10 heavy (non-hydrogen) atoms. The van der Waals surface area contributed by atoms with Crippen LogP contribution in [0.5, 0.6) is 0 Å². The molecule has 0 unspecified atom stereocenters. The Bertz CT molecular complexity index is 125. The van der Waals surface area contributed by atoms with E-state index < -0.39 is 11.9 Å². The Labute approximate surface area is 62.7 Å². The van der Waals surface area contributed by atoms with E-state index >= 15 is 0 Å². The van der Waals surface area contributed by atoms with Crippen LogP contribution in [-0.2, 0) is 9.59 Å². The fourth-order valence-corrected chi connectivity index (χ4v) is 0.143. The largest absolute Gasteiger partial charge is 0.478 e. The van der Waals surface area contributed by atoms with Gasteiger partial charge in [0.25, 0.3) is 0 Å². The van der Waals surface area contributed by atoms with Crippen LogP contribution in [0.15, 0.2) is 12.2 Å². The van der Waals surface area contributed by atoms with Crippen molar-refractivity contribution >= 4 is 24.3 Å². The van der Waals surface area contributed by atoms with Crippen LogP contribution in [0.2, 0.25) is 0 Å². The monoisotopic (exact) mass is 170 g/mol. The van der Waals surface area contributed by atoms with Crippen LogP contribution in [0, 0.1) is 0 Å². The molecule has 60 valence electrons. The van der Waals surface area contributed by atoms with E-state index in [4.69, 9.17) is 10.2 Å². The van der Waals surface area contributed by atoms with Gasteiger partial charge in [0.05, 0.1) is 0 Å².